The van der Waals surface area contributed by atoms with Crippen LogP contribution in [0.4, 0.5) is 8.78 Å². The van der Waals surface area contributed by atoms with Crippen LogP contribution in [0.5, 0.6) is 5.75 Å². The van der Waals surface area contributed by atoms with Crippen LogP contribution in [-0.4, -0.2) is 31.2 Å². The molecule has 0 aliphatic heterocycles. The van der Waals surface area contributed by atoms with Crippen molar-refractivity contribution in [2.24, 2.45) is 10.1 Å². The van der Waals surface area contributed by atoms with Crippen molar-refractivity contribution in [3.8, 4) is 5.75 Å². The van der Waals surface area contributed by atoms with Gasteiger partial charge in [0.2, 0.25) is 0 Å². The van der Waals surface area contributed by atoms with Crippen molar-refractivity contribution in [2.75, 3.05) is 13.7 Å². The van der Waals surface area contributed by atoms with Gasteiger partial charge in [-0.2, -0.15) is 5.10 Å². The zero-order valence-electron chi connectivity index (χ0n) is 14.3. The summed E-state index contributed by atoms with van der Waals surface area (Å²) in [5.41, 5.74) is 3.99. The Morgan fingerprint density at radius 3 is 2.81 bits per heavy atom. The minimum Gasteiger partial charge on any atom is -0.496 e. The van der Waals surface area contributed by atoms with Crippen LogP contribution >= 0.6 is 0 Å². The lowest BCUT2D eigenvalue weighted by Crippen LogP contribution is -2.23. The molecule has 1 aromatic heterocycles. The predicted molar refractivity (Wildman–Crippen MR) is 98.0 cm³/mol. The number of aromatic nitrogens is 1. The molecule has 0 fully saturated rings. The van der Waals surface area contributed by atoms with Gasteiger partial charge in [-0.1, -0.05) is 6.58 Å². The SMILES string of the molecule is C=N/C(CNC(=C)c1cnccc1F)=N\NCc1cc(F)ccc1OC. The average Bonchev–Trinajstić information content (AvgIpc) is 2.64. The third-order valence-corrected chi connectivity index (χ3v) is 3.46. The van der Waals surface area contributed by atoms with Crippen LogP contribution in [0.3, 0.4) is 0 Å². The van der Waals surface area contributed by atoms with Crippen LogP contribution in [0.2, 0.25) is 0 Å². The Bertz CT molecular complexity index is 823. The number of aliphatic imine (C=N–C) groups is 1. The maximum absolute atomic E-state index is 13.7. The minimum atomic E-state index is -0.432. The topological polar surface area (TPSA) is 70.9 Å². The molecular formula is C18H19F2N5O. The summed E-state index contributed by atoms with van der Waals surface area (Å²) in [6.07, 6.45) is 2.73. The Kier molecular flexibility index (Phi) is 6.78. The smallest absolute Gasteiger partial charge is 0.166 e. The lowest BCUT2D eigenvalue weighted by atomic mass is 10.2. The third kappa shape index (κ3) is 5.10. The van der Waals surface area contributed by atoms with E-state index in [1.54, 1.807) is 0 Å². The summed E-state index contributed by atoms with van der Waals surface area (Å²) in [5.74, 6) is 0.0653. The van der Waals surface area contributed by atoms with Gasteiger partial charge in [-0.15, -0.1) is 0 Å². The highest BCUT2D eigenvalue weighted by molar-refractivity contribution is 5.88. The number of nitrogens with zero attached hydrogens (tertiary/aromatic N) is 3. The summed E-state index contributed by atoms with van der Waals surface area (Å²) >= 11 is 0. The van der Waals surface area contributed by atoms with Crippen molar-refractivity contribution >= 4 is 18.3 Å². The maximum Gasteiger partial charge on any atom is 0.166 e. The Balaban J connectivity index is 1.94. The molecule has 0 amide bonds. The number of hydrazone groups is 1. The standard InChI is InChI=1S/C18H19F2N5O/c1-12(15-10-22-7-6-16(15)20)23-11-18(21-2)25-24-9-13-8-14(19)4-5-17(13)26-3/h4-8,10,23-24H,1-2,9,11H2,3H3/b25-18-. The first-order valence-electron chi connectivity index (χ1n) is 7.66. The summed E-state index contributed by atoms with van der Waals surface area (Å²) < 4.78 is 32.2. The highest BCUT2D eigenvalue weighted by atomic mass is 19.1. The quantitative estimate of drug-likeness (QED) is 0.432. The largest absolute Gasteiger partial charge is 0.496 e. The number of amidine groups is 1. The van der Waals surface area contributed by atoms with Crippen LogP contribution in [-0.2, 0) is 6.54 Å². The second-order valence-electron chi connectivity index (χ2n) is 5.16. The van der Waals surface area contributed by atoms with E-state index in [0.717, 1.165) is 0 Å². The summed E-state index contributed by atoms with van der Waals surface area (Å²) in [7, 11) is 1.50. The van der Waals surface area contributed by atoms with Gasteiger partial charge < -0.3 is 15.5 Å². The van der Waals surface area contributed by atoms with E-state index in [-0.39, 0.29) is 24.5 Å². The highest BCUT2D eigenvalue weighted by Crippen LogP contribution is 2.18. The minimum absolute atomic E-state index is 0.171. The lowest BCUT2D eigenvalue weighted by Gasteiger charge is -2.11. The molecule has 0 saturated carbocycles. The molecule has 1 heterocycles. The van der Waals surface area contributed by atoms with E-state index in [9.17, 15) is 8.78 Å². The number of rotatable bonds is 8. The summed E-state index contributed by atoms with van der Waals surface area (Å²) in [6.45, 7) is 7.61. The second kappa shape index (κ2) is 9.26. The lowest BCUT2D eigenvalue weighted by molar-refractivity contribution is 0.406. The molecule has 0 aliphatic carbocycles. The molecular weight excluding hydrogens is 340 g/mol. The van der Waals surface area contributed by atoms with Gasteiger partial charge in [0.15, 0.2) is 5.84 Å². The molecule has 8 heteroatoms. The summed E-state index contributed by atoms with van der Waals surface area (Å²) in [5, 5.41) is 6.98. The van der Waals surface area contributed by atoms with E-state index in [4.69, 9.17) is 4.74 Å². The first-order valence-corrected chi connectivity index (χ1v) is 7.66. The molecule has 0 spiro atoms. The van der Waals surface area contributed by atoms with Crippen molar-refractivity contribution in [1.29, 1.82) is 0 Å². The molecule has 0 radical (unpaired) electrons. The normalized spacial score (nSPS) is 11.0. The van der Waals surface area contributed by atoms with Crippen LogP contribution in [0.1, 0.15) is 11.1 Å². The molecule has 1 aromatic carbocycles. The Morgan fingerprint density at radius 1 is 1.31 bits per heavy atom. The van der Waals surface area contributed by atoms with Gasteiger partial charge in [0.05, 0.1) is 25.8 Å². The van der Waals surface area contributed by atoms with Gasteiger partial charge in [-0.3, -0.25) is 4.98 Å². The molecule has 2 N–H and O–H groups in total. The number of hydrogen-bond donors (Lipinski definition) is 2. The Hall–Kier alpha value is -3.29. The molecule has 0 aliphatic rings. The van der Waals surface area contributed by atoms with Crippen molar-refractivity contribution < 1.29 is 13.5 Å². The van der Waals surface area contributed by atoms with E-state index in [1.807, 2.05) is 0 Å². The number of ether oxygens (including phenoxy) is 1. The maximum atomic E-state index is 13.7. The summed E-state index contributed by atoms with van der Waals surface area (Å²) in [4.78, 5) is 7.65. The van der Waals surface area contributed by atoms with Crippen LogP contribution < -0.4 is 15.5 Å². The van der Waals surface area contributed by atoms with Gasteiger partial charge in [0.1, 0.15) is 17.4 Å². The van der Waals surface area contributed by atoms with Crippen molar-refractivity contribution in [2.45, 2.75) is 6.54 Å². The van der Waals surface area contributed by atoms with Crippen molar-refractivity contribution in [3.63, 3.8) is 0 Å². The zero-order valence-corrected chi connectivity index (χ0v) is 14.3. The van der Waals surface area contributed by atoms with Gasteiger partial charge >= 0.3 is 0 Å². The highest BCUT2D eigenvalue weighted by Gasteiger charge is 2.07. The molecule has 2 aromatic rings. The van der Waals surface area contributed by atoms with Gasteiger partial charge in [0.25, 0.3) is 0 Å². The molecule has 136 valence electrons. The molecule has 0 unspecified atom stereocenters. The van der Waals surface area contributed by atoms with Crippen LogP contribution in [0, 0.1) is 11.6 Å². The van der Waals surface area contributed by atoms with Crippen molar-refractivity contribution in [3.05, 3.63) is 66.0 Å². The Morgan fingerprint density at radius 2 is 2.12 bits per heavy atom. The summed E-state index contributed by atoms with van der Waals surface area (Å²) in [6, 6.07) is 5.46. The number of halogens is 2. The van der Waals surface area contributed by atoms with E-state index in [0.29, 0.717) is 22.8 Å². The van der Waals surface area contributed by atoms with Gasteiger partial charge in [0, 0.05) is 23.7 Å². The second-order valence-corrected chi connectivity index (χ2v) is 5.16. The number of pyridine rings is 1. The predicted octanol–water partition coefficient (Wildman–Crippen LogP) is 2.73. The monoisotopic (exact) mass is 359 g/mol. The third-order valence-electron chi connectivity index (χ3n) is 3.46. The molecule has 26 heavy (non-hydrogen) atoms. The van der Waals surface area contributed by atoms with E-state index in [1.165, 1.54) is 43.8 Å². The zero-order chi connectivity index (χ0) is 18.9. The molecule has 0 atom stereocenters. The number of methoxy groups -OCH3 is 1. The Labute approximate surface area is 150 Å². The number of benzene rings is 1. The number of nitrogens with one attached hydrogen (secondary N) is 2. The fourth-order valence-electron chi connectivity index (χ4n) is 2.11. The van der Waals surface area contributed by atoms with Gasteiger partial charge in [-0.25, -0.2) is 13.8 Å². The van der Waals surface area contributed by atoms with Crippen LogP contribution in [0.25, 0.3) is 5.70 Å². The first-order chi connectivity index (χ1) is 12.5. The molecule has 0 bridgehead atoms. The van der Waals surface area contributed by atoms with E-state index >= 15 is 0 Å². The molecule has 6 nitrogen and oxygen atoms in total. The van der Waals surface area contributed by atoms with E-state index in [2.05, 4.69) is 39.1 Å². The fourth-order valence-corrected chi connectivity index (χ4v) is 2.11. The van der Waals surface area contributed by atoms with Crippen LogP contribution in [0.15, 0.2) is 53.3 Å². The molecule has 0 saturated heterocycles. The van der Waals surface area contributed by atoms with E-state index < -0.39 is 5.82 Å². The van der Waals surface area contributed by atoms with Crippen molar-refractivity contribution in [1.82, 2.24) is 15.7 Å². The fraction of sp³-hybridized carbons (Fsp3) is 0.167. The molecule has 2 rings (SSSR count). The first kappa shape index (κ1) is 19.0. The van der Waals surface area contributed by atoms with Gasteiger partial charge in [-0.05, 0) is 31.0 Å². The number of hydrogen-bond acceptors (Lipinski definition) is 5. The average molecular weight is 359 g/mol.